The van der Waals surface area contributed by atoms with Gasteiger partial charge < -0.3 is 21.1 Å². The number of nitrogens with zero attached hydrogens (tertiary/aromatic N) is 1. The van der Waals surface area contributed by atoms with Gasteiger partial charge in [0.1, 0.15) is 6.04 Å². The maximum Gasteiger partial charge on any atom is 0.252 e. The number of piperidine rings is 1. The molecule has 2 aromatic carbocycles. The van der Waals surface area contributed by atoms with E-state index in [-0.39, 0.29) is 17.7 Å². The first-order valence-corrected chi connectivity index (χ1v) is 10.8. The maximum absolute atomic E-state index is 13.4. The van der Waals surface area contributed by atoms with Gasteiger partial charge in [-0.25, -0.2) is 0 Å². The highest BCUT2D eigenvalue weighted by Gasteiger charge is 2.50. The van der Waals surface area contributed by atoms with Crippen molar-refractivity contribution >= 4 is 17.5 Å². The highest BCUT2D eigenvalue weighted by molar-refractivity contribution is 5.98. The molecule has 0 aliphatic carbocycles. The molecule has 4 N–H and O–H groups in total. The number of likely N-dealkylation sites (tertiary alicyclic amines) is 1. The van der Waals surface area contributed by atoms with Crippen LogP contribution >= 0.6 is 0 Å². The Balaban J connectivity index is 1.77. The molecule has 0 aromatic heterocycles. The number of anilines is 1. The van der Waals surface area contributed by atoms with Gasteiger partial charge in [0, 0.05) is 29.8 Å². The highest BCUT2D eigenvalue weighted by atomic mass is 16.3. The SMILES string of the molecule is CC(C)C(NC(=O)c1cccc(N)c1)C(=O)N1CCC(O)(c2ccccc2)C(C)(C)C1. The van der Waals surface area contributed by atoms with Gasteiger partial charge in [0.05, 0.1) is 5.60 Å². The van der Waals surface area contributed by atoms with E-state index < -0.39 is 17.1 Å². The molecular formula is C25H33N3O3. The second-order valence-corrected chi connectivity index (χ2v) is 9.44. The second kappa shape index (κ2) is 8.71. The minimum absolute atomic E-state index is 0.0874. The lowest BCUT2D eigenvalue weighted by Gasteiger charge is -2.51. The van der Waals surface area contributed by atoms with Gasteiger partial charge in [-0.05, 0) is 36.1 Å². The number of rotatable bonds is 5. The Morgan fingerprint density at radius 2 is 1.77 bits per heavy atom. The molecule has 3 rings (SSSR count). The summed E-state index contributed by atoms with van der Waals surface area (Å²) in [5, 5.41) is 14.4. The average molecular weight is 424 g/mol. The highest BCUT2D eigenvalue weighted by Crippen LogP contribution is 2.46. The van der Waals surface area contributed by atoms with E-state index in [1.54, 1.807) is 29.2 Å². The summed E-state index contributed by atoms with van der Waals surface area (Å²) in [6.07, 6.45) is 0.434. The maximum atomic E-state index is 13.4. The van der Waals surface area contributed by atoms with E-state index in [4.69, 9.17) is 5.73 Å². The van der Waals surface area contributed by atoms with Crippen molar-refractivity contribution in [3.63, 3.8) is 0 Å². The van der Waals surface area contributed by atoms with Crippen LogP contribution in [0.3, 0.4) is 0 Å². The van der Waals surface area contributed by atoms with Gasteiger partial charge in [-0.1, -0.05) is 64.1 Å². The van der Waals surface area contributed by atoms with Crippen molar-refractivity contribution in [2.24, 2.45) is 11.3 Å². The summed E-state index contributed by atoms with van der Waals surface area (Å²) in [5.74, 6) is -0.539. The number of nitrogens with two attached hydrogens (primary N) is 1. The zero-order chi connectivity index (χ0) is 22.8. The van der Waals surface area contributed by atoms with Crippen LogP contribution in [0.5, 0.6) is 0 Å². The Morgan fingerprint density at radius 1 is 1.10 bits per heavy atom. The fourth-order valence-electron chi connectivity index (χ4n) is 4.37. The molecule has 0 spiro atoms. The summed E-state index contributed by atoms with van der Waals surface area (Å²) in [6.45, 7) is 8.61. The van der Waals surface area contributed by atoms with Crippen LogP contribution in [0.2, 0.25) is 0 Å². The molecule has 6 heteroatoms. The molecule has 1 fully saturated rings. The van der Waals surface area contributed by atoms with Gasteiger partial charge >= 0.3 is 0 Å². The van der Waals surface area contributed by atoms with Crippen molar-refractivity contribution in [3.8, 4) is 0 Å². The molecule has 6 nitrogen and oxygen atoms in total. The molecule has 1 saturated heterocycles. The summed E-state index contributed by atoms with van der Waals surface area (Å²) >= 11 is 0. The fourth-order valence-corrected chi connectivity index (χ4v) is 4.37. The number of hydrogen-bond donors (Lipinski definition) is 3. The molecule has 1 aliphatic rings. The molecule has 2 unspecified atom stereocenters. The predicted octanol–water partition coefficient (Wildman–Crippen LogP) is 3.17. The number of nitrogens with one attached hydrogen (secondary N) is 1. The van der Waals surface area contributed by atoms with Crippen LogP contribution in [0.1, 0.15) is 50.0 Å². The standard InChI is InChI=1S/C25H33N3O3/c1-17(2)21(27-22(29)18-9-8-12-20(26)15-18)23(30)28-14-13-25(31,24(3,4)16-28)19-10-6-5-7-11-19/h5-12,15,17,21,31H,13-14,16,26H2,1-4H3,(H,27,29). The van der Waals surface area contributed by atoms with Crippen LogP contribution in [0.25, 0.3) is 0 Å². The Bertz CT molecular complexity index is 942. The Morgan fingerprint density at radius 3 is 2.35 bits per heavy atom. The number of amides is 2. The van der Waals surface area contributed by atoms with Gasteiger partial charge in [0.25, 0.3) is 5.91 Å². The summed E-state index contributed by atoms with van der Waals surface area (Å²) in [6, 6.07) is 15.7. The molecule has 2 aromatic rings. The third kappa shape index (κ3) is 4.59. The van der Waals surface area contributed by atoms with E-state index in [0.29, 0.717) is 30.8 Å². The number of carbonyl (C=O) groups is 2. The smallest absolute Gasteiger partial charge is 0.252 e. The number of benzene rings is 2. The van der Waals surface area contributed by atoms with E-state index in [1.807, 2.05) is 58.0 Å². The van der Waals surface area contributed by atoms with Crippen molar-refractivity contribution in [1.82, 2.24) is 10.2 Å². The largest absolute Gasteiger partial charge is 0.399 e. The van der Waals surface area contributed by atoms with Crippen LogP contribution in [-0.2, 0) is 10.4 Å². The topological polar surface area (TPSA) is 95.7 Å². The van der Waals surface area contributed by atoms with Crippen LogP contribution in [-0.4, -0.2) is 41.0 Å². The number of nitrogen functional groups attached to an aromatic ring is 1. The zero-order valence-corrected chi connectivity index (χ0v) is 18.8. The first kappa shape index (κ1) is 22.8. The third-order valence-electron chi connectivity index (χ3n) is 6.38. The molecule has 1 aliphatic heterocycles. The molecule has 2 atom stereocenters. The Kier molecular flexibility index (Phi) is 6.41. The van der Waals surface area contributed by atoms with Crippen LogP contribution in [0.15, 0.2) is 54.6 Å². The molecule has 0 saturated carbocycles. The lowest BCUT2D eigenvalue weighted by atomic mass is 9.66. The monoisotopic (exact) mass is 423 g/mol. The normalized spacial score (nSPS) is 21.5. The first-order chi connectivity index (χ1) is 14.5. The lowest BCUT2D eigenvalue weighted by Crippen LogP contribution is -2.60. The van der Waals surface area contributed by atoms with Gasteiger partial charge in [-0.3, -0.25) is 9.59 Å². The van der Waals surface area contributed by atoms with Crippen molar-refractivity contribution in [2.75, 3.05) is 18.8 Å². The molecule has 31 heavy (non-hydrogen) atoms. The number of hydrogen-bond acceptors (Lipinski definition) is 4. The fraction of sp³-hybridized carbons (Fsp3) is 0.440. The second-order valence-electron chi connectivity index (χ2n) is 9.44. The Labute approximate surface area is 184 Å². The van der Waals surface area contributed by atoms with Crippen LogP contribution in [0.4, 0.5) is 5.69 Å². The van der Waals surface area contributed by atoms with Gasteiger partial charge in [-0.15, -0.1) is 0 Å². The van der Waals surface area contributed by atoms with Gasteiger partial charge in [-0.2, -0.15) is 0 Å². The first-order valence-electron chi connectivity index (χ1n) is 10.8. The van der Waals surface area contributed by atoms with Gasteiger partial charge in [0.2, 0.25) is 5.91 Å². The van der Waals surface area contributed by atoms with Crippen molar-refractivity contribution in [1.29, 1.82) is 0 Å². The third-order valence-corrected chi connectivity index (χ3v) is 6.38. The number of carbonyl (C=O) groups excluding carboxylic acids is 2. The van der Waals surface area contributed by atoms with Crippen LogP contribution < -0.4 is 11.1 Å². The molecule has 1 heterocycles. The zero-order valence-electron chi connectivity index (χ0n) is 18.8. The van der Waals surface area contributed by atoms with Crippen molar-refractivity contribution < 1.29 is 14.7 Å². The molecule has 166 valence electrons. The van der Waals surface area contributed by atoms with Crippen molar-refractivity contribution in [3.05, 3.63) is 65.7 Å². The number of aliphatic hydroxyl groups is 1. The summed E-state index contributed by atoms with van der Waals surface area (Å²) in [7, 11) is 0. The lowest BCUT2D eigenvalue weighted by molar-refractivity contribution is -0.155. The predicted molar refractivity (Wildman–Crippen MR) is 122 cm³/mol. The molecule has 0 radical (unpaired) electrons. The van der Waals surface area contributed by atoms with E-state index in [9.17, 15) is 14.7 Å². The van der Waals surface area contributed by atoms with Crippen molar-refractivity contribution in [2.45, 2.75) is 45.8 Å². The van der Waals surface area contributed by atoms with E-state index in [1.165, 1.54) is 0 Å². The Hall–Kier alpha value is -2.86. The summed E-state index contributed by atoms with van der Waals surface area (Å²) in [5.41, 5.74) is 6.00. The van der Waals surface area contributed by atoms with E-state index in [0.717, 1.165) is 5.56 Å². The minimum Gasteiger partial charge on any atom is -0.399 e. The summed E-state index contributed by atoms with van der Waals surface area (Å²) < 4.78 is 0. The van der Waals surface area contributed by atoms with E-state index >= 15 is 0 Å². The summed E-state index contributed by atoms with van der Waals surface area (Å²) in [4.78, 5) is 27.9. The quantitative estimate of drug-likeness (QED) is 0.644. The van der Waals surface area contributed by atoms with E-state index in [2.05, 4.69) is 5.32 Å². The molecule has 0 bridgehead atoms. The van der Waals surface area contributed by atoms with Gasteiger partial charge in [0.15, 0.2) is 0 Å². The average Bonchev–Trinajstić information content (AvgIpc) is 2.73. The molecular weight excluding hydrogens is 390 g/mol. The molecule has 2 amide bonds. The van der Waals surface area contributed by atoms with Crippen LogP contribution in [0, 0.1) is 11.3 Å². The minimum atomic E-state index is -1.02.